The van der Waals surface area contributed by atoms with Crippen LogP contribution in [0.25, 0.3) is 0 Å². The zero-order valence-electron chi connectivity index (χ0n) is 14.0. The van der Waals surface area contributed by atoms with E-state index >= 15 is 0 Å². The van der Waals surface area contributed by atoms with Crippen LogP contribution in [0.15, 0.2) is 36.4 Å². The fourth-order valence-electron chi connectivity index (χ4n) is 2.69. The molecule has 1 aliphatic rings. The van der Waals surface area contributed by atoms with E-state index in [0.717, 1.165) is 25.9 Å². The van der Waals surface area contributed by atoms with Gasteiger partial charge in [0.25, 0.3) is 11.8 Å². The number of hydrogen-bond acceptors (Lipinski definition) is 5. The molecule has 1 aromatic carbocycles. The van der Waals surface area contributed by atoms with Gasteiger partial charge in [0, 0.05) is 18.2 Å². The van der Waals surface area contributed by atoms with Gasteiger partial charge in [-0.05, 0) is 55.8 Å². The van der Waals surface area contributed by atoms with E-state index in [1.54, 1.807) is 43.5 Å². The minimum Gasteiger partial charge on any atom is -0.497 e. The van der Waals surface area contributed by atoms with E-state index in [1.165, 1.54) is 11.3 Å². The molecule has 1 aliphatic heterocycles. The Kier molecular flexibility index (Phi) is 5.67. The molecular formula is C18H21N3O3S. The van der Waals surface area contributed by atoms with Crippen molar-refractivity contribution in [2.45, 2.75) is 18.9 Å². The average Bonchev–Trinajstić information content (AvgIpc) is 3.11. The molecule has 7 heteroatoms. The monoisotopic (exact) mass is 359 g/mol. The standard InChI is InChI=1S/C18H21N3O3S/c1-24-14-6-4-12(5-7-14)17(22)21-16-9-8-15(25-16)18(23)20-13-3-2-10-19-11-13/h4-9,13,19H,2-3,10-11H2,1H3,(H,20,23)(H,21,22)/t13-/m0/s1. The van der Waals surface area contributed by atoms with Crippen molar-refractivity contribution in [3.63, 3.8) is 0 Å². The number of hydrogen-bond donors (Lipinski definition) is 3. The Morgan fingerprint density at radius 1 is 1.16 bits per heavy atom. The molecule has 0 radical (unpaired) electrons. The van der Waals surface area contributed by atoms with E-state index in [0.29, 0.717) is 21.2 Å². The van der Waals surface area contributed by atoms with Crippen molar-refractivity contribution in [3.05, 3.63) is 46.8 Å². The summed E-state index contributed by atoms with van der Waals surface area (Å²) in [6.07, 6.45) is 2.06. The Morgan fingerprint density at radius 2 is 1.96 bits per heavy atom. The number of thiophene rings is 1. The second-order valence-electron chi connectivity index (χ2n) is 5.86. The number of benzene rings is 1. The molecule has 0 saturated carbocycles. The third kappa shape index (κ3) is 4.58. The summed E-state index contributed by atoms with van der Waals surface area (Å²) in [5.74, 6) is 0.389. The molecule has 6 nitrogen and oxygen atoms in total. The van der Waals surface area contributed by atoms with Crippen LogP contribution in [0.5, 0.6) is 5.75 Å². The van der Waals surface area contributed by atoms with Crippen LogP contribution in [-0.4, -0.2) is 38.1 Å². The fraction of sp³-hybridized carbons (Fsp3) is 0.333. The van der Waals surface area contributed by atoms with Gasteiger partial charge in [0.1, 0.15) is 5.75 Å². The van der Waals surface area contributed by atoms with E-state index in [-0.39, 0.29) is 17.9 Å². The van der Waals surface area contributed by atoms with Crippen LogP contribution in [-0.2, 0) is 0 Å². The molecule has 3 rings (SSSR count). The third-order valence-electron chi connectivity index (χ3n) is 4.05. The Morgan fingerprint density at radius 3 is 2.64 bits per heavy atom. The van der Waals surface area contributed by atoms with E-state index in [1.807, 2.05) is 0 Å². The first-order valence-corrected chi connectivity index (χ1v) is 9.04. The molecule has 25 heavy (non-hydrogen) atoms. The molecule has 1 atom stereocenters. The first kappa shape index (κ1) is 17.4. The van der Waals surface area contributed by atoms with Gasteiger partial charge in [-0.25, -0.2) is 0 Å². The highest BCUT2D eigenvalue weighted by molar-refractivity contribution is 7.18. The van der Waals surface area contributed by atoms with Crippen LogP contribution in [0, 0.1) is 0 Å². The summed E-state index contributed by atoms with van der Waals surface area (Å²) in [6, 6.07) is 10.5. The first-order valence-electron chi connectivity index (χ1n) is 8.22. The minimum atomic E-state index is -0.215. The number of ether oxygens (including phenoxy) is 1. The second kappa shape index (κ2) is 8.13. The molecule has 2 amide bonds. The van der Waals surface area contributed by atoms with Crippen LogP contribution < -0.4 is 20.7 Å². The van der Waals surface area contributed by atoms with E-state index in [2.05, 4.69) is 16.0 Å². The van der Waals surface area contributed by atoms with Gasteiger partial charge in [-0.15, -0.1) is 11.3 Å². The number of anilines is 1. The van der Waals surface area contributed by atoms with Crippen LogP contribution in [0.2, 0.25) is 0 Å². The molecule has 2 aromatic rings. The number of carbonyl (C=O) groups excluding carboxylic acids is 2. The summed E-state index contributed by atoms with van der Waals surface area (Å²) < 4.78 is 5.08. The molecule has 3 N–H and O–H groups in total. The smallest absolute Gasteiger partial charge is 0.261 e. The first-order chi connectivity index (χ1) is 12.2. The molecule has 1 fully saturated rings. The summed E-state index contributed by atoms with van der Waals surface area (Å²) in [5.41, 5.74) is 0.536. The lowest BCUT2D eigenvalue weighted by molar-refractivity contribution is 0.0934. The van der Waals surface area contributed by atoms with E-state index in [9.17, 15) is 9.59 Å². The average molecular weight is 359 g/mol. The lowest BCUT2D eigenvalue weighted by Crippen LogP contribution is -2.45. The van der Waals surface area contributed by atoms with Gasteiger partial charge in [0.05, 0.1) is 17.0 Å². The molecule has 132 valence electrons. The zero-order chi connectivity index (χ0) is 17.6. The molecule has 0 aliphatic carbocycles. The van der Waals surface area contributed by atoms with Crippen LogP contribution in [0.1, 0.15) is 32.9 Å². The van der Waals surface area contributed by atoms with Gasteiger partial charge in [0.2, 0.25) is 0 Å². The Labute approximate surface area is 150 Å². The highest BCUT2D eigenvalue weighted by Crippen LogP contribution is 2.23. The summed E-state index contributed by atoms with van der Waals surface area (Å²) in [4.78, 5) is 25.1. The van der Waals surface area contributed by atoms with Crippen molar-refractivity contribution in [2.75, 3.05) is 25.5 Å². The number of nitrogens with one attached hydrogen (secondary N) is 3. The number of rotatable bonds is 5. The lowest BCUT2D eigenvalue weighted by Gasteiger charge is -2.23. The molecule has 1 aromatic heterocycles. The second-order valence-corrected chi connectivity index (χ2v) is 6.95. The van der Waals surface area contributed by atoms with Crippen molar-refractivity contribution in [3.8, 4) is 5.75 Å². The number of amides is 2. The van der Waals surface area contributed by atoms with Gasteiger partial charge in [0.15, 0.2) is 0 Å². The van der Waals surface area contributed by atoms with Gasteiger partial charge < -0.3 is 20.7 Å². The maximum absolute atomic E-state index is 12.3. The topological polar surface area (TPSA) is 79.5 Å². The molecule has 1 saturated heterocycles. The van der Waals surface area contributed by atoms with Crippen molar-refractivity contribution >= 4 is 28.2 Å². The zero-order valence-corrected chi connectivity index (χ0v) is 14.8. The van der Waals surface area contributed by atoms with Crippen molar-refractivity contribution in [2.24, 2.45) is 0 Å². The summed E-state index contributed by atoms with van der Waals surface area (Å²) in [5, 5.41) is 9.77. The predicted molar refractivity (Wildman–Crippen MR) is 98.6 cm³/mol. The molecule has 2 heterocycles. The summed E-state index contributed by atoms with van der Waals surface area (Å²) in [6.45, 7) is 1.81. The summed E-state index contributed by atoms with van der Waals surface area (Å²) in [7, 11) is 1.58. The molecular weight excluding hydrogens is 338 g/mol. The van der Waals surface area contributed by atoms with Crippen LogP contribution in [0.3, 0.4) is 0 Å². The lowest BCUT2D eigenvalue weighted by atomic mass is 10.1. The Hall–Kier alpha value is -2.38. The van der Waals surface area contributed by atoms with Crippen molar-refractivity contribution < 1.29 is 14.3 Å². The molecule has 0 bridgehead atoms. The SMILES string of the molecule is COc1ccc(C(=O)Nc2ccc(C(=O)N[C@H]3CCCNC3)s2)cc1. The number of methoxy groups -OCH3 is 1. The van der Waals surface area contributed by atoms with E-state index < -0.39 is 0 Å². The van der Waals surface area contributed by atoms with Crippen LogP contribution >= 0.6 is 11.3 Å². The highest BCUT2D eigenvalue weighted by atomic mass is 32.1. The van der Waals surface area contributed by atoms with Gasteiger partial charge >= 0.3 is 0 Å². The number of piperidine rings is 1. The highest BCUT2D eigenvalue weighted by Gasteiger charge is 2.18. The van der Waals surface area contributed by atoms with Gasteiger partial charge in [-0.3, -0.25) is 9.59 Å². The summed E-state index contributed by atoms with van der Waals surface area (Å²) >= 11 is 1.27. The fourth-order valence-corrected chi connectivity index (χ4v) is 3.49. The van der Waals surface area contributed by atoms with Crippen molar-refractivity contribution in [1.29, 1.82) is 0 Å². The Bertz CT molecular complexity index is 736. The Balaban J connectivity index is 1.58. The normalized spacial score (nSPS) is 16.9. The maximum Gasteiger partial charge on any atom is 0.261 e. The van der Waals surface area contributed by atoms with Crippen molar-refractivity contribution in [1.82, 2.24) is 10.6 Å². The van der Waals surface area contributed by atoms with Gasteiger partial charge in [-0.1, -0.05) is 0 Å². The minimum absolute atomic E-state index is 0.0938. The largest absolute Gasteiger partial charge is 0.497 e. The van der Waals surface area contributed by atoms with Gasteiger partial charge in [-0.2, -0.15) is 0 Å². The number of carbonyl (C=O) groups is 2. The molecule has 0 spiro atoms. The van der Waals surface area contributed by atoms with Crippen LogP contribution in [0.4, 0.5) is 5.00 Å². The molecule has 0 unspecified atom stereocenters. The maximum atomic E-state index is 12.3. The van der Waals surface area contributed by atoms with E-state index in [4.69, 9.17) is 4.74 Å². The quantitative estimate of drug-likeness (QED) is 0.766. The predicted octanol–water partition coefficient (Wildman–Crippen LogP) is 2.49. The third-order valence-corrected chi connectivity index (χ3v) is 5.05.